The van der Waals surface area contributed by atoms with Gasteiger partial charge >= 0.3 is 6.18 Å². The fourth-order valence-electron chi connectivity index (χ4n) is 3.62. The van der Waals surface area contributed by atoms with E-state index >= 15 is 0 Å². The molecular formula is C22H17F3N8OS2. The average Bonchev–Trinajstić information content (AvgIpc) is 3.50. The second-order valence-electron chi connectivity index (χ2n) is 7.72. The van der Waals surface area contributed by atoms with E-state index in [1.807, 2.05) is 12.1 Å². The van der Waals surface area contributed by atoms with Gasteiger partial charge < -0.3 is 10.2 Å². The van der Waals surface area contributed by atoms with Gasteiger partial charge in [0.1, 0.15) is 16.5 Å². The Morgan fingerprint density at radius 3 is 2.58 bits per heavy atom. The van der Waals surface area contributed by atoms with Crippen molar-refractivity contribution < 1.29 is 18.0 Å². The van der Waals surface area contributed by atoms with Gasteiger partial charge in [0.15, 0.2) is 16.5 Å². The zero-order chi connectivity index (χ0) is 25.3. The first-order chi connectivity index (χ1) is 17.3. The molecule has 1 N–H and O–H groups in total. The number of nitriles is 1. The summed E-state index contributed by atoms with van der Waals surface area (Å²) >= 11 is 2.30. The maximum absolute atomic E-state index is 13.1. The van der Waals surface area contributed by atoms with Crippen LogP contribution in [0.2, 0.25) is 0 Å². The lowest BCUT2D eigenvalue weighted by molar-refractivity contribution is -0.140. The zero-order valence-electron chi connectivity index (χ0n) is 18.4. The third-order valence-corrected chi connectivity index (χ3v) is 7.49. The Bertz CT molecular complexity index is 1440. The Morgan fingerprint density at radius 1 is 1.17 bits per heavy atom. The van der Waals surface area contributed by atoms with Crippen LogP contribution in [-0.4, -0.2) is 56.0 Å². The van der Waals surface area contributed by atoms with Gasteiger partial charge in [0.05, 0.1) is 6.20 Å². The summed E-state index contributed by atoms with van der Waals surface area (Å²) in [5, 5.41) is 16.2. The summed E-state index contributed by atoms with van der Waals surface area (Å²) in [5.74, 6) is -0.310. The van der Waals surface area contributed by atoms with Crippen molar-refractivity contribution in [2.24, 2.45) is 0 Å². The molecule has 184 valence electrons. The summed E-state index contributed by atoms with van der Waals surface area (Å²) in [6.07, 6.45) is 0.135. The van der Waals surface area contributed by atoms with E-state index < -0.39 is 16.7 Å². The third-order valence-electron chi connectivity index (χ3n) is 5.37. The number of piperazine rings is 1. The molecule has 0 radical (unpaired) electrons. The molecule has 1 aliphatic rings. The average molecular weight is 531 g/mol. The zero-order valence-corrected chi connectivity index (χ0v) is 20.1. The Morgan fingerprint density at radius 2 is 1.92 bits per heavy atom. The fraction of sp³-hybridized carbons (Fsp3) is 0.227. The summed E-state index contributed by atoms with van der Waals surface area (Å²) < 4.78 is 42.9. The standard InChI is InChI=1S/C22H17F3N8OS2/c23-22(24,25)18-17(12-26)35-21(30-18)31-8-10-32(11-9-31)36-15-4-2-14(3-5-15)29-20(34)16-13-28-33-7-1-6-27-19(16)33/h1-7,13H,8-11H2,(H,29,34). The summed E-state index contributed by atoms with van der Waals surface area (Å²) in [6.45, 7) is 2.19. The first-order valence-corrected chi connectivity index (χ1v) is 12.3. The molecule has 36 heavy (non-hydrogen) atoms. The number of carbonyl (C=O) groups excluding carboxylic acids is 1. The number of aromatic nitrogens is 4. The SMILES string of the molecule is N#Cc1sc(N2CCN(Sc3ccc(NC(=O)c4cnn5cccnc45)cc3)CC2)nc1C(F)(F)F. The van der Waals surface area contributed by atoms with Gasteiger partial charge in [0.25, 0.3) is 5.91 Å². The summed E-state index contributed by atoms with van der Waals surface area (Å²) in [5.41, 5.74) is 0.350. The Kier molecular flexibility index (Phi) is 6.52. The number of alkyl halides is 3. The lowest BCUT2D eigenvalue weighted by Gasteiger charge is -2.33. The molecule has 0 saturated carbocycles. The summed E-state index contributed by atoms with van der Waals surface area (Å²) in [4.78, 5) is 22.8. The molecule has 0 bridgehead atoms. The molecule has 0 unspecified atom stereocenters. The molecule has 1 amide bonds. The molecule has 1 aromatic carbocycles. The van der Waals surface area contributed by atoms with Gasteiger partial charge in [-0.3, -0.25) is 4.79 Å². The molecular weight excluding hydrogens is 513 g/mol. The minimum Gasteiger partial charge on any atom is -0.345 e. The van der Waals surface area contributed by atoms with Crippen molar-refractivity contribution in [2.75, 3.05) is 36.4 Å². The van der Waals surface area contributed by atoms with Crippen LogP contribution in [0.4, 0.5) is 24.0 Å². The first-order valence-electron chi connectivity index (χ1n) is 10.7. The monoisotopic (exact) mass is 530 g/mol. The molecule has 4 aromatic rings. The highest BCUT2D eigenvalue weighted by atomic mass is 32.2. The number of rotatable bonds is 5. The number of hydrogen-bond donors (Lipinski definition) is 1. The van der Waals surface area contributed by atoms with E-state index in [0.717, 1.165) is 16.2 Å². The second kappa shape index (κ2) is 9.76. The highest BCUT2D eigenvalue weighted by Crippen LogP contribution is 2.37. The van der Waals surface area contributed by atoms with Crippen LogP contribution >= 0.6 is 23.3 Å². The van der Waals surface area contributed by atoms with Gasteiger partial charge in [0, 0.05) is 49.2 Å². The molecule has 1 fully saturated rings. The molecule has 5 rings (SSSR count). The van der Waals surface area contributed by atoms with Gasteiger partial charge in [-0.25, -0.2) is 18.8 Å². The highest BCUT2D eigenvalue weighted by Gasteiger charge is 2.38. The summed E-state index contributed by atoms with van der Waals surface area (Å²) in [7, 11) is 0. The predicted molar refractivity (Wildman–Crippen MR) is 129 cm³/mol. The van der Waals surface area contributed by atoms with Crippen molar-refractivity contribution in [3.05, 3.63) is 65.1 Å². The largest absolute Gasteiger partial charge is 0.435 e. The van der Waals surface area contributed by atoms with Gasteiger partial charge in [0.2, 0.25) is 0 Å². The van der Waals surface area contributed by atoms with Crippen LogP contribution < -0.4 is 10.2 Å². The fourth-order valence-corrected chi connectivity index (χ4v) is 5.45. The van der Waals surface area contributed by atoms with Gasteiger partial charge in [-0.1, -0.05) is 11.3 Å². The first kappa shape index (κ1) is 24.0. The Balaban J connectivity index is 1.16. The quantitative estimate of drug-likeness (QED) is 0.384. The minimum atomic E-state index is -4.65. The van der Waals surface area contributed by atoms with E-state index in [1.54, 1.807) is 41.6 Å². The highest BCUT2D eigenvalue weighted by molar-refractivity contribution is 7.97. The number of hydrogen-bond acceptors (Lipinski definition) is 9. The molecule has 0 atom stereocenters. The molecule has 3 aromatic heterocycles. The smallest absolute Gasteiger partial charge is 0.345 e. The van der Waals surface area contributed by atoms with Crippen LogP contribution in [-0.2, 0) is 6.18 Å². The normalized spacial score (nSPS) is 14.7. The lowest BCUT2D eigenvalue weighted by atomic mass is 10.2. The summed E-state index contributed by atoms with van der Waals surface area (Å²) in [6, 6.07) is 10.7. The van der Waals surface area contributed by atoms with E-state index in [0.29, 0.717) is 43.1 Å². The molecule has 1 aliphatic heterocycles. The molecule has 1 saturated heterocycles. The topological polar surface area (TPSA) is 102 Å². The van der Waals surface area contributed by atoms with E-state index in [2.05, 4.69) is 24.7 Å². The van der Waals surface area contributed by atoms with Crippen LogP contribution in [0.15, 0.2) is 53.8 Å². The number of thiazole rings is 1. The van der Waals surface area contributed by atoms with Crippen molar-refractivity contribution in [3.8, 4) is 6.07 Å². The number of nitrogens with zero attached hydrogens (tertiary/aromatic N) is 7. The number of anilines is 2. The molecule has 14 heteroatoms. The molecule has 4 heterocycles. The Hall–Kier alpha value is -3.67. The Labute approximate surface area is 211 Å². The predicted octanol–water partition coefficient (Wildman–Crippen LogP) is 4.16. The van der Waals surface area contributed by atoms with Crippen LogP contribution in [0.25, 0.3) is 5.65 Å². The molecule has 0 spiro atoms. The van der Waals surface area contributed by atoms with E-state index in [-0.39, 0.29) is 11.0 Å². The molecule has 9 nitrogen and oxygen atoms in total. The van der Waals surface area contributed by atoms with Crippen molar-refractivity contribution in [3.63, 3.8) is 0 Å². The van der Waals surface area contributed by atoms with Crippen molar-refractivity contribution in [1.82, 2.24) is 23.9 Å². The van der Waals surface area contributed by atoms with E-state index in [4.69, 9.17) is 5.26 Å². The maximum atomic E-state index is 13.1. The van der Waals surface area contributed by atoms with Gasteiger partial charge in [-0.05, 0) is 42.3 Å². The third kappa shape index (κ3) is 4.99. The lowest BCUT2D eigenvalue weighted by Crippen LogP contribution is -2.43. The van der Waals surface area contributed by atoms with Gasteiger partial charge in [-0.2, -0.15) is 23.5 Å². The number of halogens is 3. The van der Waals surface area contributed by atoms with Crippen molar-refractivity contribution in [1.29, 1.82) is 5.26 Å². The minimum absolute atomic E-state index is 0.213. The maximum Gasteiger partial charge on any atom is 0.435 e. The number of benzene rings is 1. The van der Waals surface area contributed by atoms with E-state index in [1.165, 1.54) is 22.7 Å². The van der Waals surface area contributed by atoms with Crippen LogP contribution in [0, 0.1) is 11.3 Å². The van der Waals surface area contributed by atoms with E-state index in [9.17, 15) is 18.0 Å². The molecule has 0 aliphatic carbocycles. The van der Waals surface area contributed by atoms with Crippen LogP contribution in [0.3, 0.4) is 0 Å². The second-order valence-corrected chi connectivity index (χ2v) is 9.86. The number of nitrogens with one attached hydrogen (secondary N) is 1. The number of carbonyl (C=O) groups is 1. The van der Waals surface area contributed by atoms with Crippen molar-refractivity contribution in [2.45, 2.75) is 11.1 Å². The van der Waals surface area contributed by atoms with Crippen LogP contribution in [0.1, 0.15) is 20.9 Å². The number of amides is 1. The van der Waals surface area contributed by atoms with Crippen molar-refractivity contribution >= 4 is 45.7 Å². The van der Waals surface area contributed by atoms with Gasteiger partial charge in [-0.15, -0.1) is 0 Å². The number of fused-ring (bicyclic) bond motifs is 1. The van der Waals surface area contributed by atoms with Crippen LogP contribution in [0.5, 0.6) is 0 Å².